The summed E-state index contributed by atoms with van der Waals surface area (Å²) in [7, 11) is 4.30. The van der Waals surface area contributed by atoms with Crippen LogP contribution in [0.4, 0.5) is 5.69 Å². The first kappa shape index (κ1) is 17.6. The molecule has 1 nitrogen and oxygen atoms in total. The average Bonchev–Trinajstić information content (AvgIpc) is 2.69. The van der Waals surface area contributed by atoms with Crippen molar-refractivity contribution in [3.05, 3.63) is 34.9 Å². The van der Waals surface area contributed by atoms with Crippen molar-refractivity contribution in [3.8, 4) is 0 Å². The third kappa shape index (κ3) is 2.53. The maximum Gasteiger partial charge on any atom is 1.00 e. The number of nitrogens with zero attached hydrogens (tertiary/aromatic N) is 1. The van der Waals surface area contributed by atoms with Gasteiger partial charge < -0.3 is 4.90 Å². The third-order valence-electron chi connectivity index (χ3n) is 5.47. The second kappa shape index (κ2) is 5.40. The van der Waals surface area contributed by atoms with Gasteiger partial charge in [-0.25, -0.2) is 0 Å². The number of benzene rings is 1. The summed E-state index contributed by atoms with van der Waals surface area (Å²) in [5.74, 6) is 0. The zero-order valence-electron chi connectivity index (χ0n) is 15.6. The van der Waals surface area contributed by atoms with Crippen LogP contribution in [0.15, 0.2) is 18.2 Å². The van der Waals surface area contributed by atoms with Crippen molar-refractivity contribution in [2.75, 3.05) is 19.0 Å². The molecule has 2 aromatic rings. The largest absolute Gasteiger partial charge is 1.00 e. The SMILES string of the molecule is Cc1[cH-]c2cc3c(cc2c1N(C)C)C(C)(C)CCC3(C)C.[Li+]. The average molecular weight is 289 g/mol. The topological polar surface area (TPSA) is 3.24 Å². The Balaban J connectivity index is 0.00000176. The minimum Gasteiger partial charge on any atom is -0.422 e. The quantitative estimate of drug-likeness (QED) is 0.575. The first-order valence-corrected chi connectivity index (χ1v) is 8.06. The Bertz CT molecular complexity index is 704. The van der Waals surface area contributed by atoms with E-state index in [1.165, 1.54) is 34.9 Å². The molecule has 1 aliphatic rings. The van der Waals surface area contributed by atoms with Crippen LogP contribution in [0.2, 0.25) is 0 Å². The fraction of sp³-hybridized carbons (Fsp3) is 0.550. The fourth-order valence-electron chi connectivity index (χ4n) is 4.06. The van der Waals surface area contributed by atoms with Crippen LogP contribution in [0.1, 0.15) is 57.2 Å². The second-order valence-corrected chi connectivity index (χ2v) is 8.32. The van der Waals surface area contributed by atoms with Crippen LogP contribution < -0.4 is 23.8 Å². The molecule has 0 aliphatic heterocycles. The normalized spacial score (nSPS) is 18.7. The molecule has 0 spiro atoms. The number of fused-ring (bicyclic) bond motifs is 2. The molecule has 114 valence electrons. The van der Waals surface area contributed by atoms with Gasteiger partial charge in [0.2, 0.25) is 0 Å². The molecule has 3 rings (SSSR count). The standard InChI is InChI=1S/C20H28N.Li/c1-13-10-14-11-16-17(12-15(14)18(13)21(6)7)20(4,5)9-8-19(16,2)3;/h10-12H,8-9H2,1-7H3;/q-1;+1. The van der Waals surface area contributed by atoms with Gasteiger partial charge in [0.1, 0.15) is 0 Å². The summed E-state index contributed by atoms with van der Waals surface area (Å²) in [5, 5.41) is 2.82. The fourth-order valence-corrected chi connectivity index (χ4v) is 4.06. The van der Waals surface area contributed by atoms with E-state index in [4.69, 9.17) is 0 Å². The summed E-state index contributed by atoms with van der Waals surface area (Å²) < 4.78 is 0. The van der Waals surface area contributed by atoms with E-state index in [-0.39, 0.29) is 24.3 Å². The van der Waals surface area contributed by atoms with Crippen molar-refractivity contribution in [1.82, 2.24) is 0 Å². The summed E-state index contributed by atoms with van der Waals surface area (Å²) in [5.41, 5.74) is 6.46. The molecule has 0 unspecified atom stereocenters. The van der Waals surface area contributed by atoms with Gasteiger partial charge in [-0.15, -0.1) is 34.5 Å². The second-order valence-electron chi connectivity index (χ2n) is 8.32. The minimum absolute atomic E-state index is 0. The molecule has 0 aromatic heterocycles. The first-order valence-electron chi connectivity index (χ1n) is 8.06. The molecular formula is C20H28LiN. The van der Waals surface area contributed by atoms with Gasteiger partial charge in [0, 0.05) is 0 Å². The number of hydrogen-bond acceptors (Lipinski definition) is 1. The zero-order valence-corrected chi connectivity index (χ0v) is 15.6. The molecular weight excluding hydrogens is 261 g/mol. The summed E-state index contributed by atoms with van der Waals surface area (Å²) >= 11 is 0. The molecule has 2 aromatic carbocycles. The van der Waals surface area contributed by atoms with Crippen LogP contribution in [0, 0.1) is 6.92 Å². The van der Waals surface area contributed by atoms with E-state index in [0.29, 0.717) is 5.41 Å². The molecule has 0 bridgehead atoms. The van der Waals surface area contributed by atoms with Crippen LogP contribution in [0.5, 0.6) is 0 Å². The van der Waals surface area contributed by atoms with Crippen molar-refractivity contribution in [3.63, 3.8) is 0 Å². The molecule has 0 fully saturated rings. The summed E-state index contributed by atoms with van der Waals surface area (Å²) in [6.45, 7) is 11.8. The molecule has 0 heterocycles. The maximum absolute atomic E-state index is 2.48. The molecule has 0 amide bonds. The molecule has 0 atom stereocenters. The molecule has 0 saturated carbocycles. The van der Waals surface area contributed by atoms with Crippen LogP contribution in [-0.4, -0.2) is 14.1 Å². The molecule has 0 radical (unpaired) electrons. The molecule has 1 aliphatic carbocycles. The monoisotopic (exact) mass is 289 g/mol. The molecule has 0 N–H and O–H groups in total. The Kier molecular flexibility index (Phi) is 4.31. The first-order chi connectivity index (χ1) is 9.63. The Morgan fingerprint density at radius 2 is 1.45 bits per heavy atom. The van der Waals surface area contributed by atoms with Gasteiger partial charge in [0.05, 0.1) is 0 Å². The zero-order chi connectivity index (χ0) is 15.6. The van der Waals surface area contributed by atoms with Crippen molar-refractivity contribution in [2.45, 2.75) is 58.3 Å². The van der Waals surface area contributed by atoms with Crippen LogP contribution >= 0.6 is 0 Å². The smallest absolute Gasteiger partial charge is 0.422 e. The van der Waals surface area contributed by atoms with Crippen LogP contribution in [-0.2, 0) is 10.8 Å². The number of aryl methyl sites for hydroxylation is 1. The Morgan fingerprint density at radius 1 is 0.955 bits per heavy atom. The van der Waals surface area contributed by atoms with Crippen molar-refractivity contribution >= 4 is 16.5 Å². The van der Waals surface area contributed by atoms with Gasteiger partial charge in [0.15, 0.2) is 0 Å². The Hall–Kier alpha value is -0.773. The van der Waals surface area contributed by atoms with E-state index in [0.717, 1.165) is 0 Å². The van der Waals surface area contributed by atoms with Crippen molar-refractivity contribution in [2.24, 2.45) is 0 Å². The number of rotatable bonds is 1. The van der Waals surface area contributed by atoms with Crippen molar-refractivity contribution < 1.29 is 18.9 Å². The number of hydrogen-bond donors (Lipinski definition) is 0. The molecule has 22 heavy (non-hydrogen) atoms. The van der Waals surface area contributed by atoms with Gasteiger partial charge in [-0.2, -0.15) is 0 Å². The predicted molar refractivity (Wildman–Crippen MR) is 93.9 cm³/mol. The van der Waals surface area contributed by atoms with E-state index in [1.54, 1.807) is 11.1 Å². The van der Waals surface area contributed by atoms with E-state index in [9.17, 15) is 0 Å². The van der Waals surface area contributed by atoms with Crippen LogP contribution in [0.3, 0.4) is 0 Å². The molecule has 2 heteroatoms. The van der Waals surface area contributed by atoms with E-state index in [2.05, 4.69) is 71.8 Å². The van der Waals surface area contributed by atoms with E-state index in [1.807, 2.05) is 0 Å². The van der Waals surface area contributed by atoms with Gasteiger partial charge >= 0.3 is 18.9 Å². The predicted octanol–water partition coefficient (Wildman–Crippen LogP) is 2.29. The van der Waals surface area contributed by atoms with E-state index < -0.39 is 0 Å². The van der Waals surface area contributed by atoms with Gasteiger partial charge in [0.25, 0.3) is 0 Å². The Labute approximate surface area is 147 Å². The van der Waals surface area contributed by atoms with Gasteiger partial charge in [-0.3, -0.25) is 0 Å². The summed E-state index contributed by atoms with van der Waals surface area (Å²) in [4.78, 5) is 2.25. The summed E-state index contributed by atoms with van der Waals surface area (Å²) in [6.07, 6.45) is 2.55. The van der Waals surface area contributed by atoms with E-state index >= 15 is 0 Å². The Morgan fingerprint density at radius 3 is 1.95 bits per heavy atom. The van der Waals surface area contributed by atoms with Crippen molar-refractivity contribution in [1.29, 1.82) is 0 Å². The van der Waals surface area contributed by atoms with Gasteiger partial charge in [-0.05, 0) is 37.8 Å². The maximum atomic E-state index is 2.48. The third-order valence-corrected chi connectivity index (χ3v) is 5.47. The minimum atomic E-state index is 0. The summed E-state index contributed by atoms with van der Waals surface area (Å²) in [6, 6.07) is 7.29. The molecule has 0 saturated heterocycles. The number of anilines is 1. The van der Waals surface area contributed by atoms with Crippen LogP contribution in [0.25, 0.3) is 10.8 Å². The van der Waals surface area contributed by atoms with Gasteiger partial charge in [-0.1, -0.05) is 51.4 Å².